The second-order valence-corrected chi connectivity index (χ2v) is 4.66. The Bertz CT molecular complexity index is 272. The maximum atomic E-state index is 11.8. The highest BCUT2D eigenvalue weighted by molar-refractivity contribution is 5.84. The van der Waals surface area contributed by atoms with Gasteiger partial charge in [-0.25, -0.2) is 0 Å². The van der Waals surface area contributed by atoms with Gasteiger partial charge in [-0.2, -0.15) is 13.2 Å². The maximum absolute atomic E-state index is 11.8. The summed E-state index contributed by atoms with van der Waals surface area (Å²) in [5, 5.41) is 3.02. The van der Waals surface area contributed by atoms with E-state index in [4.69, 9.17) is 10.5 Å². The molecule has 0 heterocycles. The van der Waals surface area contributed by atoms with Crippen molar-refractivity contribution in [1.29, 1.82) is 0 Å². The van der Waals surface area contributed by atoms with E-state index < -0.39 is 24.0 Å². The molecule has 19 heavy (non-hydrogen) atoms. The number of alkyl halides is 3. The molecule has 0 aliphatic carbocycles. The minimum Gasteiger partial charge on any atom is -0.381 e. The van der Waals surface area contributed by atoms with Crippen LogP contribution in [0, 0.1) is 0 Å². The van der Waals surface area contributed by atoms with Crippen LogP contribution in [0.25, 0.3) is 0 Å². The number of rotatable bonds is 10. The summed E-state index contributed by atoms with van der Waals surface area (Å²) in [5.41, 5.74) is 4.55. The number of halogens is 3. The largest absolute Gasteiger partial charge is 0.391 e. The normalized spacial score (nSPS) is 15.2. The van der Waals surface area contributed by atoms with Gasteiger partial charge in [-0.1, -0.05) is 6.92 Å². The topological polar surface area (TPSA) is 64.3 Å². The molecule has 0 radical (unpaired) electrons. The molecule has 1 unspecified atom stereocenters. The fourth-order valence-electron chi connectivity index (χ4n) is 1.66. The minimum atomic E-state index is -4.17. The van der Waals surface area contributed by atoms with Gasteiger partial charge in [0.2, 0.25) is 5.91 Å². The molecule has 1 atom stereocenters. The lowest BCUT2D eigenvalue weighted by molar-refractivity contribution is -0.145. The highest BCUT2D eigenvalue weighted by Crippen LogP contribution is 2.19. The summed E-state index contributed by atoms with van der Waals surface area (Å²) in [6.07, 6.45) is -3.29. The van der Waals surface area contributed by atoms with E-state index in [2.05, 4.69) is 5.32 Å². The minimum absolute atomic E-state index is 0.261. The Morgan fingerprint density at radius 3 is 2.32 bits per heavy atom. The molecule has 0 bridgehead atoms. The van der Waals surface area contributed by atoms with Crippen molar-refractivity contribution in [2.75, 3.05) is 19.8 Å². The number of nitrogens with one attached hydrogen (secondary N) is 1. The smallest absolute Gasteiger partial charge is 0.381 e. The SMILES string of the molecule is CCNC(C)(CCCCOCCC(F)(F)F)C(N)=O. The number of ether oxygens (including phenoxy) is 1. The van der Waals surface area contributed by atoms with Crippen molar-refractivity contribution >= 4 is 5.91 Å². The van der Waals surface area contributed by atoms with Crippen LogP contribution < -0.4 is 11.1 Å². The summed E-state index contributed by atoms with van der Waals surface area (Å²) in [4.78, 5) is 11.3. The molecular weight excluding hydrogens is 261 g/mol. The summed E-state index contributed by atoms with van der Waals surface area (Å²) in [6.45, 7) is 4.17. The van der Waals surface area contributed by atoms with E-state index in [1.165, 1.54) is 0 Å². The van der Waals surface area contributed by atoms with Gasteiger partial charge < -0.3 is 15.8 Å². The molecule has 7 heteroatoms. The molecule has 0 saturated heterocycles. The number of likely N-dealkylation sites (N-methyl/N-ethyl adjacent to an activating group) is 1. The van der Waals surface area contributed by atoms with Crippen molar-refractivity contribution < 1.29 is 22.7 Å². The van der Waals surface area contributed by atoms with E-state index >= 15 is 0 Å². The monoisotopic (exact) mass is 284 g/mol. The summed E-state index contributed by atoms with van der Waals surface area (Å²) in [6, 6.07) is 0. The predicted octanol–water partition coefficient (Wildman–Crippen LogP) is 1.98. The third-order valence-corrected chi connectivity index (χ3v) is 2.86. The highest BCUT2D eigenvalue weighted by atomic mass is 19.4. The van der Waals surface area contributed by atoms with Gasteiger partial charge in [0.1, 0.15) is 0 Å². The number of primary amides is 1. The molecule has 0 aromatic heterocycles. The number of carbonyl (C=O) groups excluding carboxylic acids is 1. The molecule has 114 valence electrons. The van der Waals surface area contributed by atoms with E-state index in [0.29, 0.717) is 25.8 Å². The van der Waals surface area contributed by atoms with Gasteiger partial charge in [0.25, 0.3) is 0 Å². The Morgan fingerprint density at radius 1 is 1.21 bits per heavy atom. The average Bonchev–Trinajstić information content (AvgIpc) is 2.26. The summed E-state index contributed by atoms with van der Waals surface area (Å²) < 4.78 is 40.4. The fraction of sp³-hybridized carbons (Fsp3) is 0.917. The third-order valence-electron chi connectivity index (χ3n) is 2.86. The van der Waals surface area contributed by atoms with Gasteiger partial charge >= 0.3 is 6.18 Å². The van der Waals surface area contributed by atoms with Gasteiger partial charge in [0, 0.05) is 6.61 Å². The van der Waals surface area contributed by atoms with Gasteiger partial charge in [0.05, 0.1) is 18.6 Å². The second-order valence-electron chi connectivity index (χ2n) is 4.66. The van der Waals surface area contributed by atoms with E-state index in [-0.39, 0.29) is 13.2 Å². The van der Waals surface area contributed by atoms with Crippen molar-refractivity contribution in [2.24, 2.45) is 5.73 Å². The first kappa shape index (κ1) is 18.2. The Kier molecular flexibility index (Phi) is 8.01. The van der Waals surface area contributed by atoms with Gasteiger partial charge in [-0.15, -0.1) is 0 Å². The highest BCUT2D eigenvalue weighted by Gasteiger charge is 2.29. The van der Waals surface area contributed by atoms with Gasteiger partial charge in [0.15, 0.2) is 0 Å². The molecule has 4 nitrogen and oxygen atoms in total. The van der Waals surface area contributed by atoms with Crippen LogP contribution in [0.4, 0.5) is 13.2 Å². The second kappa shape index (κ2) is 8.37. The Hall–Kier alpha value is -0.820. The van der Waals surface area contributed by atoms with Crippen LogP contribution in [-0.4, -0.2) is 37.4 Å². The Labute approximate surface area is 111 Å². The number of unbranched alkanes of at least 4 members (excludes halogenated alkanes) is 1. The Morgan fingerprint density at radius 2 is 1.84 bits per heavy atom. The zero-order valence-electron chi connectivity index (χ0n) is 11.5. The molecular formula is C12H23F3N2O2. The first-order valence-electron chi connectivity index (χ1n) is 6.40. The molecule has 0 spiro atoms. The summed E-state index contributed by atoms with van der Waals surface area (Å²) in [5.74, 6) is -0.424. The van der Waals surface area contributed by atoms with E-state index in [9.17, 15) is 18.0 Å². The van der Waals surface area contributed by atoms with Crippen LogP contribution in [-0.2, 0) is 9.53 Å². The zero-order chi connectivity index (χ0) is 14.9. The van der Waals surface area contributed by atoms with E-state index in [1.807, 2.05) is 6.92 Å². The van der Waals surface area contributed by atoms with Crippen molar-refractivity contribution in [2.45, 2.75) is 51.2 Å². The van der Waals surface area contributed by atoms with Crippen molar-refractivity contribution in [3.8, 4) is 0 Å². The standard InChI is InChI=1S/C12H23F3N2O2/c1-3-17-11(2,10(16)18)6-4-5-8-19-9-7-12(13,14)15/h17H,3-9H2,1-2H3,(H2,16,18). The molecule has 0 saturated carbocycles. The molecule has 0 fully saturated rings. The molecule has 0 aromatic rings. The van der Waals surface area contributed by atoms with Crippen molar-refractivity contribution in [1.82, 2.24) is 5.32 Å². The zero-order valence-corrected chi connectivity index (χ0v) is 11.5. The molecule has 0 aliphatic heterocycles. The average molecular weight is 284 g/mol. The van der Waals surface area contributed by atoms with Crippen molar-refractivity contribution in [3.05, 3.63) is 0 Å². The van der Waals surface area contributed by atoms with Crippen LogP contribution in [0.3, 0.4) is 0 Å². The number of hydrogen-bond acceptors (Lipinski definition) is 3. The van der Waals surface area contributed by atoms with E-state index in [0.717, 1.165) is 0 Å². The first-order chi connectivity index (χ1) is 8.71. The van der Waals surface area contributed by atoms with Crippen molar-refractivity contribution in [3.63, 3.8) is 0 Å². The Balaban J connectivity index is 3.70. The lowest BCUT2D eigenvalue weighted by Gasteiger charge is -2.26. The van der Waals surface area contributed by atoms with Crippen LogP contribution in [0.1, 0.15) is 39.5 Å². The number of carbonyl (C=O) groups is 1. The van der Waals surface area contributed by atoms with Crippen LogP contribution in [0.2, 0.25) is 0 Å². The molecule has 0 aromatic carbocycles. The molecule has 0 aliphatic rings. The lowest BCUT2D eigenvalue weighted by atomic mass is 9.94. The number of nitrogens with two attached hydrogens (primary N) is 1. The molecule has 1 amide bonds. The molecule has 3 N–H and O–H groups in total. The third kappa shape index (κ3) is 8.83. The summed E-state index contributed by atoms with van der Waals surface area (Å²) in [7, 11) is 0. The van der Waals surface area contributed by atoms with Gasteiger partial charge in [-0.3, -0.25) is 4.79 Å². The predicted molar refractivity (Wildman–Crippen MR) is 66.6 cm³/mol. The maximum Gasteiger partial charge on any atom is 0.391 e. The van der Waals surface area contributed by atoms with Crippen LogP contribution in [0.15, 0.2) is 0 Å². The number of hydrogen-bond donors (Lipinski definition) is 2. The number of amides is 1. The lowest BCUT2D eigenvalue weighted by Crippen LogP contribution is -2.52. The molecule has 0 rings (SSSR count). The first-order valence-corrected chi connectivity index (χ1v) is 6.40. The van der Waals surface area contributed by atoms with Crippen LogP contribution in [0.5, 0.6) is 0 Å². The van der Waals surface area contributed by atoms with Gasteiger partial charge in [-0.05, 0) is 32.7 Å². The van der Waals surface area contributed by atoms with Crippen LogP contribution >= 0.6 is 0 Å². The van der Waals surface area contributed by atoms with E-state index in [1.54, 1.807) is 6.92 Å². The summed E-state index contributed by atoms with van der Waals surface area (Å²) >= 11 is 0. The quantitative estimate of drug-likeness (QED) is 0.603. The fourth-order valence-corrected chi connectivity index (χ4v) is 1.66.